The van der Waals surface area contributed by atoms with Crippen LogP contribution in [-0.4, -0.2) is 26.4 Å². The maximum atomic E-state index is 12.1. The van der Waals surface area contributed by atoms with Gasteiger partial charge in [-0.05, 0) is 53.9 Å². The van der Waals surface area contributed by atoms with Gasteiger partial charge < -0.3 is 10.1 Å². The molecule has 0 unspecified atom stereocenters. The zero-order chi connectivity index (χ0) is 18.4. The van der Waals surface area contributed by atoms with E-state index in [1.54, 1.807) is 11.3 Å². The van der Waals surface area contributed by atoms with Gasteiger partial charge in [0.05, 0.1) is 4.90 Å². The van der Waals surface area contributed by atoms with Gasteiger partial charge in [0, 0.05) is 12.1 Å². The van der Waals surface area contributed by atoms with Gasteiger partial charge in [-0.15, -0.1) is 0 Å². The fourth-order valence-corrected chi connectivity index (χ4v) is 3.25. The molecule has 0 bridgehead atoms. The largest absolute Gasteiger partial charge is 0.453 e. The van der Waals surface area contributed by atoms with E-state index in [0.29, 0.717) is 6.42 Å². The summed E-state index contributed by atoms with van der Waals surface area (Å²) in [5.74, 6) is -1.04. The fraction of sp³-hybridized carbons (Fsp3) is 0.250. The van der Waals surface area contributed by atoms with Crippen LogP contribution in [0, 0.1) is 0 Å². The molecule has 2 aromatic rings. The molecule has 25 heavy (non-hydrogen) atoms. The van der Waals surface area contributed by atoms with E-state index in [2.05, 4.69) is 5.32 Å². The van der Waals surface area contributed by atoms with Crippen molar-refractivity contribution >= 4 is 38.9 Å². The summed E-state index contributed by atoms with van der Waals surface area (Å²) in [6.07, 6.45) is -0.282. The zero-order valence-corrected chi connectivity index (χ0v) is 15.1. The number of carbonyl (C=O) groups is 2. The highest BCUT2D eigenvalue weighted by atomic mass is 32.2. The predicted molar refractivity (Wildman–Crippen MR) is 94.6 cm³/mol. The number of carbonyl (C=O) groups excluding carboxylic acids is 2. The molecule has 0 spiro atoms. The van der Waals surface area contributed by atoms with Gasteiger partial charge in [-0.2, -0.15) is 11.3 Å². The molecule has 1 heterocycles. The first-order valence-corrected chi connectivity index (χ1v) is 9.89. The number of amides is 1. The number of aryl methyl sites for hydroxylation is 1. The highest BCUT2D eigenvalue weighted by molar-refractivity contribution is 7.89. The Morgan fingerprint density at radius 3 is 2.72 bits per heavy atom. The monoisotopic (exact) mass is 382 g/mol. The Labute approximate surface area is 149 Å². The summed E-state index contributed by atoms with van der Waals surface area (Å²) < 4.78 is 27.7. The summed E-state index contributed by atoms with van der Waals surface area (Å²) in [5.41, 5.74) is 1.29. The van der Waals surface area contributed by atoms with Crippen molar-refractivity contribution in [1.82, 2.24) is 0 Å². The molecule has 0 fully saturated rings. The van der Waals surface area contributed by atoms with Gasteiger partial charge in [0.15, 0.2) is 6.10 Å². The Balaban J connectivity index is 1.88. The van der Waals surface area contributed by atoms with Gasteiger partial charge in [-0.1, -0.05) is 6.07 Å². The van der Waals surface area contributed by atoms with Gasteiger partial charge in [0.1, 0.15) is 0 Å². The van der Waals surface area contributed by atoms with Crippen molar-refractivity contribution in [2.24, 2.45) is 5.14 Å². The van der Waals surface area contributed by atoms with E-state index < -0.39 is 28.0 Å². The van der Waals surface area contributed by atoms with Gasteiger partial charge in [0.2, 0.25) is 10.0 Å². The molecule has 1 aromatic carbocycles. The molecule has 0 radical (unpaired) electrons. The molecule has 1 aromatic heterocycles. The lowest BCUT2D eigenvalue weighted by Gasteiger charge is -2.14. The molecular weight excluding hydrogens is 364 g/mol. The van der Waals surface area contributed by atoms with Crippen LogP contribution in [-0.2, 0) is 30.8 Å². The zero-order valence-electron chi connectivity index (χ0n) is 13.5. The summed E-state index contributed by atoms with van der Waals surface area (Å²) in [7, 11) is -3.87. The van der Waals surface area contributed by atoms with Crippen molar-refractivity contribution in [3.8, 4) is 0 Å². The number of primary sulfonamides is 1. The predicted octanol–water partition coefficient (Wildman–Crippen LogP) is 1.90. The number of nitrogens with one attached hydrogen (secondary N) is 1. The number of ether oxygens (including phenoxy) is 1. The molecule has 134 valence electrons. The molecule has 0 aliphatic carbocycles. The van der Waals surface area contributed by atoms with Crippen molar-refractivity contribution in [3.05, 3.63) is 46.7 Å². The second-order valence-corrected chi connectivity index (χ2v) is 7.67. The number of thiophene rings is 1. The lowest BCUT2D eigenvalue weighted by atomic mass is 10.2. The molecule has 0 saturated heterocycles. The maximum Gasteiger partial charge on any atom is 0.306 e. The highest BCUT2D eigenvalue weighted by Gasteiger charge is 2.18. The number of rotatable bonds is 7. The van der Waals surface area contributed by atoms with Gasteiger partial charge in [-0.25, -0.2) is 13.6 Å². The van der Waals surface area contributed by atoms with Crippen molar-refractivity contribution in [2.45, 2.75) is 30.8 Å². The van der Waals surface area contributed by atoms with E-state index >= 15 is 0 Å². The van der Waals surface area contributed by atoms with E-state index in [1.165, 1.54) is 31.2 Å². The molecule has 3 N–H and O–H groups in total. The molecule has 2 rings (SSSR count). The van der Waals surface area contributed by atoms with Crippen LogP contribution in [0.4, 0.5) is 5.69 Å². The van der Waals surface area contributed by atoms with Gasteiger partial charge >= 0.3 is 5.97 Å². The second-order valence-electron chi connectivity index (χ2n) is 5.33. The molecule has 0 aliphatic rings. The van der Waals surface area contributed by atoms with Crippen LogP contribution in [0.15, 0.2) is 46.0 Å². The third kappa shape index (κ3) is 5.96. The molecule has 0 saturated carbocycles. The Kier molecular flexibility index (Phi) is 6.29. The van der Waals surface area contributed by atoms with Crippen LogP contribution in [0.25, 0.3) is 0 Å². The average molecular weight is 382 g/mol. The van der Waals surface area contributed by atoms with E-state index in [9.17, 15) is 18.0 Å². The summed E-state index contributed by atoms with van der Waals surface area (Å²) in [4.78, 5) is 23.8. The van der Waals surface area contributed by atoms with Crippen LogP contribution in [0.1, 0.15) is 18.9 Å². The fourth-order valence-electron chi connectivity index (χ4n) is 1.99. The molecular formula is C16H18N2O5S2. The topological polar surface area (TPSA) is 116 Å². The summed E-state index contributed by atoms with van der Waals surface area (Å²) in [6, 6.07) is 7.44. The van der Waals surface area contributed by atoms with Crippen LogP contribution < -0.4 is 10.5 Å². The number of hydrogen-bond donors (Lipinski definition) is 2. The molecule has 1 atom stereocenters. The van der Waals surface area contributed by atoms with Crippen molar-refractivity contribution in [2.75, 3.05) is 5.32 Å². The van der Waals surface area contributed by atoms with Crippen LogP contribution in [0.3, 0.4) is 0 Å². The minimum atomic E-state index is -3.87. The number of sulfonamides is 1. The Morgan fingerprint density at radius 1 is 1.32 bits per heavy atom. The van der Waals surface area contributed by atoms with E-state index in [1.807, 2.05) is 16.8 Å². The number of benzene rings is 1. The van der Waals surface area contributed by atoms with E-state index in [-0.39, 0.29) is 17.0 Å². The standard InChI is InChI=1S/C16H18N2O5S2/c1-11(23-15(19)6-5-12-7-8-24-10-12)16(20)18-13-3-2-4-14(9-13)25(17,21)22/h2-4,7-11H,5-6H2,1H3,(H,18,20)(H2,17,21,22)/t11-/m0/s1. The number of hydrogen-bond acceptors (Lipinski definition) is 6. The van der Waals surface area contributed by atoms with Crippen LogP contribution >= 0.6 is 11.3 Å². The summed E-state index contributed by atoms with van der Waals surface area (Å²) in [6.45, 7) is 1.45. The summed E-state index contributed by atoms with van der Waals surface area (Å²) in [5, 5.41) is 11.4. The van der Waals surface area contributed by atoms with E-state index in [0.717, 1.165) is 5.56 Å². The Morgan fingerprint density at radius 2 is 2.08 bits per heavy atom. The number of nitrogens with two attached hydrogens (primary N) is 1. The second kappa shape index (κ2) is 8.24. The van der Waals surface area contributed by atoms with Crippen molar-refractivity contribution in [3.63, 3.8) is 0 Å². The first kappa shape index (κ1) is 19.1. The minimum Gasteiger partial charge on any atom is -0.453 e. The maximum absolute atomic E-state index is 12.1. The minimum absolute atomic E-state index is 0.120. The SMILES string of the molecule is C[C@H](OC(=O)CCc1ccsc1)C(=O)Nc1cccc(S(N)(=O)=O)c1. The third-order valence-corrected chi connectivity index (χ3v) is 4.95. The van der Waals surface area contributed by atoms with Gasteiger partial charge in [0.25, 0.3) is 5.91 Å². The lowest BCUT2D eigenvalue weighted by Crippen LogP contribution is -2.30. The first-order chi connectivity index (χ1) is 11.8. The molecule has 7 nitrogen and oxygen atoms in total. The Hall–Kier alpha value is -2.23. The van der Waals surface area contributed by atoms with Crippen molar-refractivity contribution < 1.29 is 22.7 Å². The normalized spacial score (nSPS) is 12.4. The van der Waals surface area contributed by atoms with E-state index in [4.69, 9.17) is 9.88 Å². The smallest absolute Gasteiger partial charge is 0.306 e. The van der Waals surface area contributed by atoms with Crippen molar-refractivity contribution in [1.29, 1.82) is 0 Å². The molecule has 0 aliphatic heterocycles. The number of esters is 1. The molecule has 9 heteroatoms. The quantitative estimate of drug-likeness (QED) is 0.710. The van der Waals surface area contributed by atoms with Crippen LogP contribution in [0.2, 0.25) is 0 Å². The highest BCUT2D eigenvalue weighted by Crippen LogP contribution is 2.15. The lowest BCUT2D eigenvalue weighted by molar-refractivity contribution is -0.153. The first-order valence-electron chi connectivity index (χ1n) is 7.40. The summed E-state index contributed by atoms with van der Waals surface area (Å²) >= 11 is 1.55. The third-order valence-electron chi connectivity index (χ3n) is 3.31. The molecule has 1 amide bonds. The van der Waals surface area contributed by atoms with Crippen LogP contribution in [0.5, 0.6) is 0 Å². The Bertz CT molecular complexity index is 847. The number of anilines is 1. The average Bonchev–Trinajstić information content (AvgIpc) is 3.05. The van der Waals surface area contributed by atoms with Gasteiger partial charge in [-0.3, -0.25) is 9.59 Å².